The van der Waals surface area contributed by atoms with E-state index < -0.39 is 0 Å². The molecule has 4 heteroatoms. The van der Waals surface area contributed by atoms with Gasteiger partial charge in [-0.2, -0.15) is 5.10 Å². The summed E-state index contributed by atoms with van der Waals surface area (Å²) in [5, 5.41) is 5.57. The summed E-state index contributed by atoms with van der Waals surface area (Å²) < 4.78 is 5.45. The molecule has 12 heavy (non-hydrogen) atoms. The third-order valence-corrected chi connectivity index (χ3v) is 2.43. The van der Waals surface area contributed by atoms with Gasteiger partial charge in [-0.15, -0.1) is 0 Å². The second kappa shape index (κ2) is 2.07. The fourth-order valence-corrected chi connectivity index (χ4v) is 1.68. The van der Waals surface area contributed by atoms with Gasteiger partial charge >= 0.3 is 0 Å². The zero-order chi connectivity index (χ0) is 8.93. The molecule has 2 aliphatic heterocycles. The number of rotatable bonds is 0. The maximum absolute atomic E-state index is 11.4. The molecule has 0 aromatic rings. The first-order chi connectivity index (χ1) is 5.52. The van der Waals surface area contributed by atoms with E-state index in [1.165, 1.54) is 5.01 Å². The molecule has 0 spiro atoms. The van der Waals surface area contributed by atoms with Crippen molar-refractivity contribution in [1.82, 2.24) is 5.01 Å². The van der Waals surface area contributed by atoms with Crippen LogP contribution in [-0.4, -0.2) is 35.9 Å². The standard InChI is InChI=1S/C8H12N2O2/c1-8(2)6-5(4-12-8)7(11)10(3)9-6/h5H,4H2,1-3H3. The molecule has 0 radical (unpaired) electrons. The number of carbonyl (C=O) groups is 1. The average molecular weight is 168 g/mol. The molecule has 2 rings (SSSR count). The maximum Gasteiger partial charge on any atom is 0.253 e. The number of hydrogen-bond acceptors (Lipinski definition) is 3. The van der Waals surface area contributed by atoms with Gasteiger partial charge in [0.2, 0.25) is 0 Å². The highest BCUT2D eigenvalue weighted by atomic mass is 16.5. The Bertz CT molecular complexity index is 270. The van der Waals surface area contributed by atoms with Crippen LogP contribution in [0.25, 0.3) is 0 Å². The van der Waals surface area contributed by atoms with Crippen molar-refractivity contribution >= 4 is 11.6 Å². The van der Waals surface area contributed by atoms with Gasteiger partial charge in [0.25, 0.3) is 5.91 Å². The largest absolute Gasteiger partial charge is 0.368 e. The summed E-state index contributed by atoms with van der Waals surface area (Å²) >= 11 is 0. The Labute approximate surface area is 71.2 Å². The molecule has 1 amide bonds. The predicted octanol–water partition coefficient (Wildman–Crippen LogP) is 0.239. The molecule has 66 valence electrons. The first kappa shape index (κ1) is 7.73. The first-order valence-corrected chi connectivity index (χ1v) is 4.03. The monoisotopic (exact) mass is 168 g/mol. The second-order valence-corrected chi connectivity index (χ2v) is 3.72. The van der Waals surface area contributed by atoms with Gasteiger partial charge in [0.1, 0.15) is 11.5 Å². The van der Waals surface area contributed by atoms with E-state index in [0.29, 0.717) is 6.61 Å². The lowest BCUT2D eigenvalue weighted by Gasteiger charge is -2.16. The van der Waals surface area contributed by atoms with Crippen LogP contribution >= 0.6 is 0 Å². The molecule has 0 N–H and O–H groups in total. The Morgan fingerprint density at radius 3 is 2.92 bits per heavy atom. The highest BCUT2D eigenvalue weighted by Crippen LogP contribution is 2.31. The Morgan fingerprint density at radius 1 is 1.67 bits per heavy atom. The van der Waals surface area contributed by atoms with Crippen LogP contribution < -0.4 is 0 Å². The van der Waals surface area contributed by atoms with Crippen molar-refractivity contribution in [3.05, 3.63) is 0 Å². The molecule has 4 nitrogen and oxygen atoms in total. The molecule has 1 unspecified atom stereocenters. The van der Waals surface area contributed by atoms with Crippen molar-refractivity contribution < 1.29 is 9.53 Å². The summed E-state index contributed by atoms with van der Waals surface area (Å²) in [5.74, 6) is -0.0689. The van der Waals surface area contributed by atoms with Crippen LogP contribution in [0.1, 0.15) is 13.8 Å². The van der Waals surface area contributed by atoms with Crippen molar-refractivity contribution in [3.8, 4) is 0 Å². The fourth-order valence-electron chi connectivity index (χ4n) is 1.68. The van der Waals surface area contributed by atoms with Crippen molar-refractivity contribution in [2.75, 3.05) is 13.7 Å². The quantitative estimate of drug-likeness (QED) is 0.520. The van der Waals surface area contributed by atoms with Crippen LogP contribution in [-0.2, 0) is 9.53 Å². The second-order valence-electron chi connectivity index (χ2n) is 3.72. The zero-order valence-corrected chi connectivity index (χ0v) is 7.50. The summed E-state index contributed by atoms with van der Waals surface area (Å²) in [5.41, 5.74) is 0.514. The van der Waals surface area contributed by atoms with E-state index >= 15 is 0 Å². The van der Waals surface area contributed by atoms with Gasteiger partial charge in [0, 0.05) is 7.05 Å². The number of ether oxygens (including phenoxy) is 1. The van der Waals surface area contributed by atoms with Crippen LogP contribution in [0.15, 0.2) is 5.10 Å². The van der Waals surface area contributed by atoms with Crippen molar-refractivity contribution in [3.63, 3.8) is 0 Å². The van der Waals surface area contributed by atoms with Crippen LogP contribution in [0.2, 0.25) is 0 Å². The van der Waals surface area contributed by atoms with Crippen molar-refractivity contribution in [2.45, 2.75) is 19.4 Å². The third-order valence-electron chi connectivity index (χ3n) is 2.43. The third kappa shape index (κ3) is 0.813. The molecule has 1 fully saturated rings. The maximum atomic E-state index is 11.4. The Hall–Kier alpha value is -0.900. The van der Waals surface area contributed by atoms with Crippen molar-refractivity contribution in [1.29, 1.82) is 0 Å². The minimum absolute atomic E-state index is 0.0515. The van der Waals surface area contributed by atoms with Gasteiger partial charge in [0.15, 0.2) is 0 Å². The minimum Gasteiger partial charge on any atom is -0.368 e. The first-order valence-electron chi connectivity index (χ1n) is 4.03. The molecule has 0 saturated carbocycles. The van der Waals surface area contributed by atoms with E-state index in [-0.39, 0.29) is 17.4 Å². The highest BCUT2D eigenvalue weighted by molar-refractivity contribution is 6.12. The number of hydrogen-bond donors (Lipinski definition) is 0. The summed E-state index contributed by atoms with van der Waals surface area (Å²) in [6, 6.07) is 0. The van der Waals surface area contributed by atoms with Gasteiger partial charge in [0.05, 0.1) is 12.3 Å². The number of nitrogens with zero attached hydrogens (tertiary/aromatic N) is 2. The molecule has 0 bridgehead atoms. The van der Waals surface area contributed by atoms with E-state index in [2.05, 4.69) is 5.10 Å². The summed E-state index contributed by atoms with van der Waals surface area (Å²) in [6.45, 7) is 4.37. The van der Waals surface area contributed by atoms with Crippen LogP contribution in [0, 0.1) is 5.92 Å². The van der Waals surface area contributed by atoms with E-state index in [1.54, 1.807) is 7.05 Å². The summed E-state index contributed by atoms with van der Waals surface area (Å²) in [4.78, 5) is 11.4. The van der Waals surface area contributed by atoms with Gasteiger partial charge < -0.3 is 4.74 Å². The van der Waals surface area contributed by atoms with Crippen LogP contribution in [0.3, 0.4) is 0 Å². The minimum atomic E-state index is -0.356. The summed E-state index contributed by atoms with van der Waals surface area (Å²) in [7, 11) is 1.68. The van der Waals surface area contributed by atoms with E-state index in [9.17, 15) is 4.79 Å². The van der Waals surface area contributed by atoms with Crippen LogP contribution in [0.4, 0.5) is 0 Å². The van der Waals surface area contributed by atoms with Gasteiger partial charge in [-0.3, -0.25) is 4.79 Å². The molecule has 2 aliphatic rings. The van der Waals surface area contributed by atoms with Gasteiger partial charge in [-0.1, -0.05) is 0 Å². The lowest BCUT2D eigenvalue weighted by molar-refractivity contribution is -0.131. The normalized spacial score (nSPS) is 32.2. The molecule has 0 aliphatic carbocycles. The van der Waals surface area contributed by atoms with Crippen molar-refractivity contribution in [2.24, 2.45) is 11.0 Å². The molecular formula is C8H12N2O2. The Morgan fingerprint density at radius 2 is 2.33 bits per heavy atom. The number of hydrazone groups is 1. The molecule has 1 atom stereocenters. The fraction of sp³-hybridized carbons (Fsp3) is 0.750. The molecular weight excluding hydrogens is 156 g/mol. The average Bonchev–Trinajstić information content (AvgIpc) is 2.40. The van der Waals surface area contributed by atoms with E-state index in [4.69, 9.17) is 4.74 Å². The topological polar surface area (TPSA) is 41.9 Å². The SMILES string of the molecule is CN1N=C2C(COC2(C)C)C1=O. The smallest absolute Gasteiger partial charge is 0.253 e. The molecule has 0 aromatic heterocycles. The summed E-state index contributed by atoms with van der Waals surface area (Å²) in [6.07, 6.45) is 0. The van der Waals surface area contributed by atoms with E-state index in [0.717, 1.165) is 5.71 Å². The van der Waals surface area contributed by atoms with Gasteiger partial charge in [-0.25, -0.2) is 5.01 Å². The van der Waals surface area contributed by atoms with Crippen LogP contribution in [0.5, 0.6) is 0 Å². The Balaban J connectivity index is 2.37. The number of amides is 1. The number of carbonyl (C=O) groups excluding carboxylic acids is 1. The molecule has 2 heterocycles. The lowest BCUT2D eigenvalue weighted by atomic mass is 9.95. The predicted molar refractivity (Wildman–Crippen MR) is 43.7 cm³/mol. The van der Waals surface area contributed by atoms with Gasteiger partial charge in [-0.05, 0) is 13.8 Å². The number of fused-ring (bicyclic) bond motifs is 1. The lowest BCUT2D eigenvalue weighted by Crippen LogP contribution is -2.29. The molecule has 0 aromatic carbocycles. The zero-order valence-electron chi connectivity index (χ0n) is 7.50. The van der Waals surface area contributed by atoms with E-state index in [1.807, 2.05) is 13.8 Å². The highest BCUT2D eigenvalue weighted by Gasteiger charge is 2.48. The Kier molecular flexibility index (Phi) is 1.33. The molecule has 1 saturated heterocycles.